The van der Waals surface area contributed by atoms with Crippen molar-refractivity contribution in [3.05, 3.63) is 59.5 Å². The van der Waals surface area contributed by atoms with Crippen molar-refractivity contribution in [1.82, 2.24) is 5.32 Å². The molecule has 1 aromatic heterocycles. The maximum Gasteiger partial charge on any atom is 0.305 e. The van der Waals surface area contributed by atoms with E-state index < -0.39 is 17.9 Å². The van der Waals surface area contributed by atoms with Gasteiger partial charge in [0.05, 0.1) is 19.0 Å². The Kier molecular flexibility index (Phi) is 4.73. The number of hydrogen-bond acceptors (Lipinski definition) is 4. The minimum Gasteiger partial charge on any atom is -0.481 e. The number of carbonyl (C=O) groups is 2. The summed E-state index contributed by atoms with van der Waals surface area (Å²) in [4.78, 5) is 23.1. The third kappa shape index (κ3) is 3.93. The van der Waals surface area contributed by atoms with Crippen LogP contribution in [0.25, 0.3) is 0 Å². The second-order valence-corrected chi connectivity index (χ2v) is 4.50. The van der Waals surface area contributed by atoms with Crippen molar-refractivity contribution in [3.8, 4) is 0 Å². The van der Waals surface area contributed by atoms with E-state index in [0.29, 0.717) is 5.76 Å². The Morgan fingerprint density at radius 3 is 2.48 bits per heavy atom. The lowest BCUT2D eigenvalue weighted by molar-refractivity contribution is -0.137. The van der Waals surface area contributed by atoms with Gasteiger partial charge in [0.15, 0.2) is 5.76 Å². The van der Waals surface area contributed by atoms with Gasteiger partial charge in [-0.25, -0.2) is 0 Å². The lowest BCUT2D eigenvalue weighted by Gasteiger charge is -2.16. The molecule has 2 rings (SSSR count). The van der Waals surface area contributed by atoms with E-state index in [-0.39, 0.29) is 18.7 Å². The van der Waals surface area contributed by atoms with Crippen molar-refractivity contribution in [2.45, 2.75) is 19.0 Å². The van der Waals surface area contributed by atoms with Crippen LogP contribution in [0.5, 0.6) is 0 Å². The van der Waals surface area contributed by atoms with E-state index in [1.165, 1.54) is 6.07 Å². The van der Waals surface area contributed by atoms with Crippen LogP contribution in [0.15, 0.2) is 46.9 Å². The number of nitrogens with one attached hydrogen (secondary N) is 1. The second-order valence-electron chi connectivity index (χ2n) is 4.50. The first-order valence-electron chi connectivity index (χ1n) is 6.46. The SMILES string of the molecule is NCc1ccc(C(=O)NC(CC(=O)O)c2ccccc2)o1. The smallest absolute Gasteiger partial charge is 0.305 e. The quantitative estimate of drug-likeness (QED) is 0.750. The van der Waals surface area contributed by atoms with Crippen molar-refractivity contribution in [1.29, 1.82) is 0 Å². The highest BCUT2D eigenvalue weighted by Crippen LogP contribution is 2.18. The van der Waals surface area contributed by atoms with Crippen LogP contribution in [0.4, 0.5) is 0 Å². The molecule has 1 amide bonds. The highest BCUT2D eigenvalue weighted by atomic mass is 16.4. The molecule has 2 aromatic rings. The number of rotatable bonds is 6. The Balaban J connectivity index is 2.14. The van der Waals surface area contributed by atoms with E-state index in [4.69, 9.17) is 15.3 Å². The Morgan fingerprint density at radius 2 is 1.90 bits per heavy atom. The minimum atomic E-state index is -0.994. The fraction of sp³-hybridized carbons (Fsp3) is 0.200. The molecule has 0 bridgehead atoms. The summed E-state index contributed by atoms with van der Waals surface area (Å²) in [5, 5.41) is 11.6. The van der Waals surface area contributed by atoms with Gasteiger partial charge in [0, 0.05) is 0 Å². The van der Waals surface area contributed by atoms with Crippen LogP contribution in [0.1, 0.15) is 34.3 Å². The number of nitrogens with two attached hydrogens (primary N) is 1. The highest BCUT2D eigenvalue weighted by molar-refractivity contribution is 5.92. The van der Waals surface area contributed by atoms with Crippen molar-refractivity contribution in [2.75, 3.05) is 0 Å². The van der Waals surface area contributed by atoms with Crippen LogP contribution in [0, 0.1) is 0 Å². The summed E-state index contributed by atoms with van der Waals surface area (Å²) in [6.45, 7) is 0.199. The first-order chi connectivity index (χ1) is 10.1. The standard InChI is InChI=1S/C15H16N2O4/c16-9-11-6-7-13(21-11)15(20)17-12(8-14(18)19)10-4-2-1-3-5-10/h1-7,12H,8-9,16H2,(H,17,20)(H,18,19). The third-order valence-electron chi connectivity index (χ3n) is 2.97. The van der Waals surface area contributed by atoms with Crippen molar-refractivity contribution in [2.24, 2.45) is 5.73 Å². The number of furan rings is 1. The van der Waals surface area contributed by atoms with Crippen molar-refractivity contribution in [3.63, 3.8) is 0 Å². The lowest BCUT2D eigenvalue weighted by Crippen LogP contribution is -2.29. The van der Waals surface area contributed by atoms with E-state index in [1.54, 1.807) is 30.3 Å². The molecule has 6 nitrogen and oxygen atoms in total. The second kappa shape index (κ2) is 6.71. The Labute approximate surface area is 121 Å². The molecule has 1 heterocycles. The highest BCUT2D eigenvalue weighted by Gasteiger charge is 2.20. The van der Waals surface area contributed by atoms with Gasteiger partial charge in [-0.3, -0.25) is 9.59 Å². The predicted octanol–water partition coefficient (Wildman–Crippen LogP) is 1.68. The number of hydrogen-bond donors (Lipinski definition) is 3. The Bertz CT molecular complexity index is 622. The molecular weight excluding hydrogens is 272 g/mol. The zero-order valence-electron chi connectivity index (χ0n) is 11.3. The zero-order valence-corrected chi connectivity index (χ0v) is 11.3. The fourth-order valence-corrected chi connectivity index (χ4v) is 1.95. The van der Waals surface area contributed by atoms with Crippen LogP contribution < -0.4 is 11.1 Å². The van der Waals surface area contributed by atoms with Gasteiger partial charge in [-0.2, -0.15) is 0 Å². The molecule has 0 spiro atoms. The number of amides is 1. The van der Waals surface area contributed by atoms with Crippen LogP contribution in [-0.2, 0) is 11.3 Å². The first-order valence-corrected chi connectivity index (χ1v) is 6.46. The molecule has 0 saturated heterocycles. The molecule has 110 valence electrons. The van der Waals surface area contributed by atoms with Gasteiger partial charge in [0.2, 0.25) is 0 Å². The number of carboxylic acid groups (broad SMARTS) is 1. The molecule has 0 fully saturated rings. The van der Waals surface area contributed by atoms with Crippen molar-refractivity contribution < 1.29 is 19.1 Å². The van der Waals surface area contributed by atoms with Gasteiger partial charge in [0.25, 0.3) is 5.91 Å². The molecule has 1 unspecified atom stereocenters. The molecule has 6 heteroatoms. The average molecular weight is 288 g/mol. The van der Waals surface area contributed by atoms with E-state index >= 15 is 0 Å². The summed E-state index contributed by atoms with van der Waals surface area (Å²) < 4.78 is 5.25. The van der Waals surface area contributed by atoms with Crippen LogP contribution in [0.3, 0.4) is 0 Å². The summed E-state index contributed by atoms with van der Waals surface area (Å²) in [6.07, 6.45) is -0.208. The lowest BCUT2D eigenvalue weighted by atomic mass is 10.0. The van der Waals surface area contributed by atoms with Gasteiger partial charge in [-0.05, 0) is 17.7 Å². The average Bonchev–Trinajstić information content (AvgIpc) is 2.96. The normalized spacial score (nSPS) is 11.9. The fourth-order valence-electron chi connectivity index (χ4n) is 1.95. The Morgan fingerprint density at radius 1 is 1.19 bits per heavy atom. The summed E-state index contributed by atoms with van der Waals surface area (Å²) in [7, 11) is 0. The van der Waals surface area contributed by atoms with E-state index in [0.717, 1.165) is 5.56 Å². The van der Waals surface area contributed by atoms with E-state index in [2.05, 4.69) is 5.32 Å². The third-order valence-corrected chi connectivity index (χ3v) is 2.97. The van der Waals surface area contributed by atoms with Gasteiger partial charge >= 0.3 is 5.97 Å². The van der Waals surface area contributed by atoms with Crippen LogP contribution >= 0.6 is 0 Å². The maximum atomic E-state index is 12.1. The number of benzene rings is 1. The molecule has 0 aliphatic rings. The summed E-state index contributed by atoms with van der Waals surface area (Å²) in [5.41, 5.74) is 6.14. The molecule has 0 aliphatic heterocycles. The molecule has 1 atom stereocenters. The van der Waals surface area contributed by atoms with Gasteiger partial charge in [0.1, 0.15) is 5.76 Å². The largest absolute Gasteiger partial charge is 0.481 e. The van der Waals surface area contributed by atoms with Crippen LogP contribution in [-0.4, -0.2) is 17.0 Å². The summed E-state index contributed by atoms with van der Waals surface area (Å²) in [6, 6.07) is 11.4. The molecular formula is C15H16N2O4. The number of aliphatic carboxylic acids is 1. The van der Waals surface area contributed by atoms with Gasteiger partial charge < -0.3 is 20.6 Å². The first kappa shape index (κ1) is 14.8. The minimum absolute atomic E-state index is 0.113. The molecule has 21 heavy (non-hydrogen) atoms. The van der Waals surface area contributed by atoms with Gasteiger partial charge in [-0.15, -0.1) is 0 Å². The van der Waals surface area contributed by atoms with Crippen LogP contribution in [0.2, 0.25) is 0 Å². The topological polar surface area (TPSA) is 106 Å². The summed E-state index contributed by atoms with van der Waals surface area (Å²) >= 11 is 0. The molecule has 0 aliphatic carbocycles. The number of carboxylic acids is 1. The molecule has 0 saturated carbocycles. The van der Waals surface area contributed by atoms with E-state index in [1.807, 2.05) is 6.07 Å². The van der Waals surface area contributed by atoms with E-state index in [9.17, 15) is 9.59 Å². The number of carbonyl (C=O) groups excluding carboxylic acids is 1. The zero-order chi connectivity index (χ0) is 15.2. The maximum absolute atomic E-state index is 12.1. The predicted molar refractivity (Wildman–Crippen MR) is 75.5 cm³/mol. The monoisotopic (exact) mass is 288 g/mol. The molecule has 1 aromatic carbocycles. The Hall–Kier alpha value is -2.60. The van der Waals surface area contributed by atoms with Gasteiger partial charge in [-0.1, -0.05) is 30.3 Å². The summed E-state index contributed by atoms with van der Waals surface area (Å²) in [5.74, 6) is -0.854. The molecule has 0 radical (unpaired) electrons. The van der Waals surface area contributed by atoms with Crippen molar-refractivity contribution >= 4 is 11.9 Å². The molecule has 4 N–H and O–H groups in total.